The van der Waals surface area contributed by atoms with E-state index in [0.717, 1.165) is 25.7 Å². The lowest BCUT2D eigenvalue weighted by Crippen LogP contribution is -2.17. The molecule has 0 aliphatic carbocycles. The lowest BCUT2D eigenvalue weighted by Gasteiger charge is -2.16. The van der Waals surface area contributed by atoms with Crippen molar-refractivity contribution in [3.63, 3.8) is 0 Å². The minimum atomic E-state index is -0.176. The fourth-order valence-corrected chi connectivity index (χ4v) is 1.32. The second-order valence-corrected chi connectivity index (χ2v) is 3.15. The molecule has 0 spiro atoms. The van der Waals surface area contributed by atoms with E-state index in [1.165, 1.54) is 0 Å². The Labute approximate surface area is 69.8 Å². The molecular weight excluding hydrogens is 138 g/mol. The molecule has 1 unspecified atom stereocenters. The summed E-state index contributed by atoms with van der Waals surface area (Å²) < 4.78 is 0. The van der Waals surface area contributed by atoms with Crippen molar-refractivity contribution in [2.75, 3.05) is 6.54 Å². The first-order chi connectivity index (χ1) is 5.24. The van der Waals surface area contributed by atoms with Crippen LogP contribution in [0.1, 0.15) is 39.5 Å². The highest BCUT2D eigenvalue weighted by Crippen LogP contribution is 2.15. The van der Waals surface area contributed by atoms with Gasteiger partial charge in [-0.05, 0) is 25.3 Å². The Morgan fingerprint density at radius 1 is 1.27 bits per heavy atom. The Kier molecular flexibility index (Phi) is 6.57. The van der Waals surface area contributed by atoms with E-state index in [-0.39, 0.29) is 6.10 Å². The summed E-state index contributed by atoms with van der Waals surface area (Å²) in [5, 5.41) is 9.40. The van der Waals surface area contributed by atoms with Crippen molar-refractivity contribution in [1.29, 1.82) is 0 Å². The van der Waals surface area contributed by atoms with Crippen LogP contribution in [0.5, 0.6) is 0 Å². The van der Waals surface area contributed by atoms with Crippen LogP contribution in [0.2, 0.25) is 0 Å². The Morgan fingerprint density at radius 2 is 1.82 bits per heavy atom. The summed E-state index contributed by atoms with van der Waals surface area (Å²) >= 11 is 0. The van der Waals surface area contributed by atoms with Gasteiger partial charge in [0.2, 0.25) is 0 Å². The monoisotopic (exact) mass is 159 g/mol. The van der Waals surface area contributed by atoms with E-state index in [1.54, 1.807) is 0 Å². The van der Waals surface area contributed by atoms with Crippen molar-refractivity contribution >= 4 is 0 Å². The van der Waals surface area contributed by atoms with Gasteiger partial charge in [-0.25, -0.2) is 0 Å². The van der Waals surface area contributed by atoms with Crippen LogP contribution in [-0.4, -0.2) is 17.8 Å². The molecular formula is C9H21NO. The fraction of sp³-hybridized carbons (Fsp3) is 1.00. The molecule has 2 heteroatoms. The third kappa shape index (κ3) is 5.22. The smallest absolute Gasteiger partial charge is 0.0554 e. The average molecular weight is 159 g/mol. The number of aliphatic hydroxyl groups is 1. The van der Waals surface area contributed by atoms with Crippen molar-refractivity contribution in [3.05, 3.63) is 0 Å². The summed E-state index contributed by atoms with van der Waals surface area (Å²) in [5.41, 5.74) is 5.33. The number of aliphatic hydroxyl groups excluding tert-OH is 1. The predicted molar refractivity (Wildman–Crippen MR) is 48.4 cm³/mol. The van der Waals surface area contributed by atoms with E-state index >= 15 is 0 Å². The Morgan fingerprint density at radius 3 is 2.18 bits per heavy atom. The van der Waals surface area contributed by atoms with E-state index in [0.29, 0.717) is 12.5 Å². The molecule has 1 atom stereocenters. The highest BCUT2D eigenvalue weighted by molar-refractivity contribution is 4.62. The minimum absolute atomic E-state index is 0.176. The number of hydrogen-bond acceptors (Lipinski definition) is 2. The van der Waals surface area contributed by atoms with Gasteiger partial charge in [-0.2, -0.15) is 0 Å². The molecule has 0 rings (SSSR count). The lowest BCUT2D eigenvalue weighted by molar-refractivity contribution is 0.133. The maximum Gasteiger partial charge on any atom is 0.0554 e. The van der Waals surface area contributed by atoms with Crippen LogP contribution in [0.25, 0.3) is 0 Å². The molecule has 0 amide bonds. The van der Waals surface area contributed by atoms with Gasteiger partial charge >= 0.3 is 0 Å². The van der Waals surface area contributed by atoms with E-state index in [4.69, 9.17) is 5.73 Å². The molecule has 3 N–H and O–H groups in total. The van der Waals surface area contributed by atoms with Gasteiger partial charge in [0.25, 0.3) is 0 Å². The summed E-state index contributed by atoms with van der Waals surface area (Å²) in [4.78, 5) is 0. The zero-order valence-electron chi connectivity index (χ0n) is 7.71. The van der Waals surface area contributed by atoms with Crippen molar-refractivity contribution in [3.8, 4) is 0 Å². The molecule has 0 saturated carbocycles. The number of nitrogens with two attached hydrogens (primary N) is 1. The molecule has 0 fully saturated rings. The van der Waals surface area contributed by atoms with Crippen LogP contribution in [0.4, 0.5) is 0 Å². The van der Waals surface area contributed by atoms with Crippen LogP contribution < -0.4 is 5.73 Å². The normalized spacial score (nSPS) is 13.9. The van der Waals surface area contributed by atoms with E-state index in [9.17, 15) is 5.11 Å². The van der Waals surface area contributed by atoms with Crippen molar-refractivity contribution in [2.24, 2.45) is 11.7 Å². The second-order valence-electron chi connectivity index (χ2n) is 3.15. The zero-order chi connectivity index (χ0) is 8.69. The fourth-order valence-electron chi connectivity index (χ4n) is 1.32. The van der Waals surface area contributed by atoms with Gasteiger partial charge in [-0.15, -0.1) is 0 Å². The second kappa shape index (κ2) is 6.62. The molecule has 2 nitrogen and oxygen atoms in total. The van der Waals surface area contributed by atoms with Gasteiger partial charge in [0, 0.05) is 0 Å². The summed E-state index contributed by atoms with van der Waals surface area (Å²) in [6.45, 7) is 4.94. The molecule has 68 valence electrons. The van der Waals surface area contributed by atoms with Crippen LogP contribution in [0.15, 0.2) is 0 Å². The first-order valence-electron chi connectivity index (χ1n) is 4.62. The minimum Gasteiger partial charge on any atom is -0.393 e. The van der Waals surface area contributed by atoms with Gasteiger partial charge < -0.3 is 10.8 Å². The third-order valence-corrected chi connectivity index (χ3v) is 2.26. The van der Waals surface area contributed by atoms with Crippen molar-refractivity contribution in [2.45, 2.75) is 45.6 Å². The SMILES string of the molecule is CCC(CC)CC(O)CCN. The number of rotatable bonds is 6. The van der Waals surface area contributed by atoms with Gasteiger partial charge in [0.1, 0.15) is 0 Å². The van der Waals surface area contributed by atoms with Gasteiger partial charge in [0.05, 0.1) is 6.10 Å². The molecule has 0 aliphatic rings. The molecule has 0 heterocycles. The van der Waals surface area contributed by atoms with Crippen LogP contribution in [0, 0.1) is 5.92 Å². The molecule has 0 aromatic heterocycles. The highest BCUT2D eigenvalue weighted by atomic mass is 16.3. The van der Waals surface area contributed by atoms with Crippen molar-refractivity contribution in [1.82, 2.24) is 0 Å². The molecule has 0 aliphatic heterocycles. The molecule has 11 heavy (non-hydrogen) atoms. The topological polar surface area (TPSA) is 46.2 Å². The Bertz CT molecular complexity index is 81.6. The van der Waals surface area contributed by atoms with Crippen LogP contribution in [-0.2, 0) is 0 Å². The molecule has 0 aromatic carbocycles. The predicted octanol–water partition coefficient (Wildman–Crippen LogP) is 1.52. The zero-order valence-corrected chi connectivity index (χ0v) is 7.71. The molecule has 0 saturated heterocycles. The average Bonchev–Trinajstić information content (AvgIpc) is 2.01. The first-order valence-corrected chi connectivity index (χ1v) is 4.62. The quantitative estimate of drug-likeness (QED) is 0.617. The van der Waals surface area contributed by atoms with Crippen molar-refractivity contribution < 1.29 is 5.11 Å². The summed E-state index contributed by atoms with van der Waals surface area (Å²) in [7, 11) is 0. The van der Waals surface area contributed by atoms with E-state index < -0.39 is 0 Å². The largest absolute Gasteiger partial charge is 0.393 e. The highest BCUT2D eigenvalue weighted by Gasteiger charge is 2.09. The maximum atomic E-state index is 9.40. The van der Waals surface area contributed by atoms with Crippen LogP contribution in [0.3, 0.4) is 0 Å². The standard InChI is InChI=1S/C9H21NO/c1-3-8(4-2)7-9(11)5-6-10/h8-9,11H,3-7,10H2,1-2H3. The third-order valence-electron chi connectivity index (χ3n) is 2.26. The van der Waals surface area contributed by atoms with E-state index in [2.05, 4.69) is 13.8 Å². The summed E-state index contributed by atoms with van der Waals surface area (Å²) in [6.07, 6.45) is 3.82. The van der Waals surface area contributed by atoms with Gasteiger partial charge in [-0.3, -0.25) is 0 Å². The summed E-state index contributed by atoms with van der Waals surface area (Å²) in [6, 6.07) is 0. The lowest BCUT2D eigenvalue weighted by atomic mass is 9.95. The number of hydrogen-bond donors (Lipinski definition) is 2. The van der Waals surface area contributed by atoms with Crippen LogP contribution >= 0.6 is 0 Å². The Hall–Kier alpha value is -0.0800. The summed E-state index contributed by atoms with van der Waals surface area (Å²) in [5.74, 6) is 0.677. The van der Waals surface area contributed by atoms with Gasteiger partial charge in [-0.1, -0.05) is 26.7 Å². The molecule has 0 radical (unpaired) electrons. The Balaban J connectivity index is 3.44. The van der Waals surface area contributed by atoms with Gasteiger partial charge in [0.15, 0.2) is 0 Å². The molecule has 0 bridgehead atoms. The van der Waals surface area contributed by atoms with E-state index in [1.807, 2.05) is 0 Å². The molecule has 0 aromatic rings. The first kappa shape index (κ1) is 10.9. The maximum absolute atomic E-state index is 9.40.